The molecular formula is C20H21NO5. The summed E-state index contributed by atoms with van der Waals surface area (Å²) in [5, 5.41) is 2.68. The second-order valence-corrected chi connectivity index (χ2v) is 5.44. The molecule has 26 heavy (non-hydrogen) atoms. The van der Waals surface area contributed by atoms with Gasteiger partial charge in [-0.2, -0.15) is 0 Å². The van der Waals surface area contributed by atoms with Crippen molar-refractivity contribution in [2.45, 2.75) is 20.3 Å². The Morgan fingerprint density at radius 1 is 0.885 bits per heavy atom. The Hall–Kier alpha value is -3.15. The number of anilines is 1. The van der Waals surface area contributed by atoms with Crippen LogP contribution in [0.5, 0.6) is 5.75 Å². The minimum Gasteiger partial charge on any atom is -0.484 e. The fraction of sp³-hybridized carbons (Fsp3) is 0.250. The highest BCUT2D eigenvalue weighted by Crippen LogP contribution is 2.14. The first-order chi connectivity index (χ1) is 12.5. The molecule has 0 aromatic heterocycles. The first kappa shape index (κ1) is 19.2. The van der Waals surface area contributed by atoms with E-state index in [1.54, 1.807) is 62.4 Å². The average Bonchev–Trinajstić information content (AvgIpc) is 2.67. The molecule has 0 radical (unpaired) electrons. The van der Waals surface area contributed by atoms with E-state index in [4.69, 9.17) is 9.47 Å². The predicted octanol–water partition coefficient (Wildman–Crippen LogP) is 3.47. The van der Waals surface area contributed by atoms with Gasteiger partial charge in [0.25, 0.3) is 5.91 Å². The van der Waals surface area contributed by atoms with E-state index in [-0.39, 0.29) is 18.3 Å². The van der Waals surface area contributed by atoms with Crippen LogP contribution in [0.1, 0.15) is 41.0 Å². The van der Waals surface area contributed by atoms with Crippen molar-refractivity contribution in [2.24, 2.45) is 0 Å². The fourth-order valence-electron chi connectivity index (χ4n) is 2.19. The molecule has 0 fully saturated rings. The molecule has 0 aliphatic rings. The highest BCUT2D eigenvalue weighted by molar-refractivity contribution is 5.96. The maximum atomic E-state index is 11.9. The number of ketones is 1. The largest absolute Gasteiger partial charge is 0.484 e. The van der Waals surface area contributed by atoms with Gasteiger partial charge in [0.05, 0.1) is 12.2 Å². The van der Waals surface area contributed by atoms with E-state index >= 15 is 0 Å². The smallest absolute Gasteiger partial charge is 0.338 e. The first-order valence-corrected chi connectivity index (χ1v) is 8.36. The molecular weight excluding hydrogens is 334 g/mol. The minimum atomic E-state index is -0.404. The van der Waals surface area contributed by atoms with Crippen molar-refractivity contribution >= 4 is 23.3 Å². The molecule has 2 rings (SSSR count). The van der Waals surface area contributed by atoms with Crippen LogP contribution in [0.2, 0.25) is 0 Å². The first-order valence-electron chi connectivity index (χ1n) is 8.36. The summed E-state index contributed by atoms with van der Waals surface area (Å²) < 4.78 is 10.3. The van der Waals surface area contributed by atoms with E-state index < -0.39 is 5.97 Å². The lowest BCUT2D eigenvalue weighted by atomic mass is 10.1. The van der Waals surface area contributed by atoms with Crippen molar-refractivity contribution in [2.75, 3.05) is 18.5 Å². The third kappa shape index (κ3) is 5.44. The van der Waals surface area contributed by atoms with Crippen molar-refractivity contribution in [3.05, 3.63) is 59.7 Å². The minimum absolute atomic E-state index is 0.0561. The van der Waals surface area contributed by atoms with E-state index in [9.17, 15) is 14.4 Å². The summed E-state index contributed by atoms with van der Waals surface area (Å²) in [6.45, 7) is 3.68. The summed E-state index contributed by atoms with van der Waals surface area (Å²) in [5.41, 5.74) is 1.59. The Balaban J connectivity index is 1.85. The highest BCUT2D eigenvalue weighted by Gasteiger charge is 2.08. The fourth-order valence-corrected chi connectivity index (χ4v) is 2.19. The van der Waals surface area contributed by atoms with Gasteiger partial charge in [0.1, 0.15) is 5.75 Å². The molecule has 0 atom stereocenters. The van der Waals surface area contributed by atoms with E-state index in [0.29, 0.717) is 35.6 Å². The maximum Gasteiger partial charge on any atom is 0.338 e. The SMILES string of the molecule is CCOC(=O)c1ccc(NC(=O)COc2ccc(C(=O)CC)cc2)cc1. The van der Waals surface area contributed by atoms with Gasteiger partial charge in [0.15, 0.2) is 12.4 Å². The number of ether oxygens (including phenoxy) is 2. The Morgan fingerprint density at radius 2 is 1.50 bits per heavy atom. The van der Waals surface area contributed by atoms with Crippen LogP contribution in [0.25, 0.3) is 0 Å². The highest BCUT2D eigenvalue weighted by atomic mass is 16.5. The quantitative estimate of drug-likeness (QED) is 0.579. The van der Waals surface area contributed by atoms with E-state index in [0.717, 1.165) is 0 Å². The number of hydrogen-bond acceptors (Lipinski definition) is 5. The van der Waals surface area contributed by atoms with Gasteiger partial charge >= 0.3 is 5.97 Å². The molecule has 136 valence electrons. The van der Waals surface area contributed by atoms with Crippen LogP contribution in [0, 0.1) is 0 Å². The molecule has 0 aliphatic heterocycles. The lowest BCUT2D eigenvalue weighted by Crippen LogP contribution is -2.20. The van der Waals surface area contributed by atoms with Crippen molar-refractivity contribution in [1.29, 1.82) is 0 Å². The van der Waals surface area contributed by atoms with Gasteiger partial charge in [-0.3, -0.25) is 9.59 Å². The second kappa shape index (κ2) is 9.36. The van der Waals surface area contributed by atoms with Gasteiger partial charge in [0, 0.05) is 17.7 Å². The summed E-state index contributed by atoms with van der Waals surface area (Å²) in [6.07, 6.45) is 0.442. The molecule has 0 heterocycles. The molecule has 0 aliphatic carbocycles. The molecule has 1 amide bonds. The van der Waals surface area contributed by atoms with Gasteiger partial charge in [0.2, 0.25) is 0 Å². The number of carbonyl (C=O) groups is 3. The number of benzene rings is 2. The zero-order chi connectivity index (χ0) is 18.9. The van der Waals surface area contributed by atoms with Crippen LogP contribution in [0.3, 0.4) is 0 Å². The Labute approximate surface area is 152 Å². The third-order valence-corrected chi connectivity index (χ3v) is 3.55. The summed E-state index contributed by atoms with van der Waals surface area (Å²) in [4.78, 5) is 35.1. The molecule has 6 nitrogen and oxygen atoms in total. The van der Waals surface area contributed by atoms with Crippen LogP contribution in [-0.4, -0.2) is 30.9 Å². The number of nitrogens with one attached hydrogen (secondary N) is 1. The molecule has 2 aromatic rings. The predicted molar refractivity (Wildman–Crippen MR) is 97.6 cm³/mol. The van der Waals surface area contributed by atoms with Gasteiger partial charge < -0.3 is 14.8 Å². The standard InChI is InChI=1S/C20H21NO5/c1-3-18(22)14-7-11-17(12-8-14)26-13-19(23)21-16-9-5-15(6-10-16)20(24)25-4-2/h5-12H,3-4,13H2,1-2H3,(H,21,23). The van der Waals surface area contributed by atoms with Crippen molar-refractivity contribution in [1.82, 2.24) is 0 Å². The van der Waals surface area contributed by atoms with Crippen LogP contribution in [0.15, 0.2) is 48.5 Å². The lowest BCUT2D eigenvalue weighted by Gasteiger charge is -2.08. The van der Waals surface area contributed by atoms with Gasteiger partial charge in [-0.15, -0.1) is 0 Å². The van der Waals surface area contributed by atoms with Crippen molar-refractivity contribution < 1.29 is 23.9 Å². The molecule has 1 N–H and O–H groups in total. The van der Waals surface area contributed by atoms with Crippen molar-refractivity contribution in [3.8, 4) is 5.75 Å². The molecule has 0 saturated carbocycles. The van der Waals surface area contributed by atoms with Crippen molar-refractivity contribution in [3.63, 3.8) is 0 Å². The monoisotopic (exact) mass is 355 g/mol. The summed E-state index contributed by atoms with van der Waals surface area (Å²) >= 11 is 0. The molecule has 0 bridgehead atoms. The van der Waals surface area contributed by atoms with Gasteiger partial charge in [-0.25, -0.2) is 4.79 Å². The molecule has 0 unspecified atom stereocenters. The summed E-state index contributed by atoms with van der Waals surface area (Å²) in [7, 11) is 0. The topological polar surface area (TPSA) is 81.7 Å². The van der Waals surface area contributed by atoms with E-state index in [2.05, 4.69) is 5.32 Å². The van der Waals surface area contributed by atoms with Crippen LogP contribution in [0.4, 0.5) is 5.69 Å². The number of amides is 1. The summed E-state index contributed by atoms with van der Waals surface area (Å²) in [6, 6.07) is 13.1. The number of rotatable bonds is 8. The average molecular weight is 355 g/mol. The lowest BCUT2D eigenvalue weighted by molar-refractivity contribution is -0.118. The van der Waals surface area contributed by atoms with Crippen LogP contribution < -0.4 is 10.1 Å². The Morgan fingerprint density at radius 3 is 2.08 bits per heavy atom. The molecule has 2 aromatic carbocycles. The molecule has 0 saturated heterocycles. The van der Waals surface area contributed by atoms with Gasteiger partial charge in [-0.1, -0.05) is 6.92 Å². The zero-order valence-corrected chi connectivity index (χ0v) is 14.8. The number of carbonyl (C=O) groups excluding carboxylic acids is 3. The number of esters is 1. The Bertz CT molecular complexity index is 766. The second-order valence-electron chi connectivity index (χ2n) is 5.44. The zero-order valence-electron chi connectivity index (χ0n) is 14.8. The molecule has 6 heteroatoms. The van der Waals surface area contributed by atoms with E-state index in [1.165, 1.54) is 0 Å². The summed E-state index contributed by atoms with van der Waals surface area (Å²) in [5.74, 6) is -0.174. The van der Waals surface area contributed by atoms with Gasteiger partial charge in [-0.05, 0) is 55.5 Å². The number of hydrogen-bond donors (Lipinski definition) is 1. The van der Waals surface area contributed by atoms with Crippen LogP contribution >= 0.6 is 0 Å². The Kier molecular flexibility index (Phi) is 6.91. The maximum absolute atomic E-state index is 11.9. The third-order valence-electron chi connectivity index (χ3n) is 3.55. The van der Waals surface area contributed by atoms with Crippen LogP contribution in [-0.2, 0) is 9.53 Å². The van der Waals surface area contributed by atoms with E-state index in [1.807, 2.05) is 0 Å². The normalized spacial score (nSPS) is 10.1. The number of Topliss-reactive ketones (excluding diaryl/α,β-unsaturated/α-hetero) is 1. The molecule has 0 spiro atoms.